The zero-order chi connectivity index (χ0) is 20.2. The van der Waals surface area contributed by atoms with Crippen LogP contribution >= 0.6 is 0 Å². The molecule has 2 aromatic carbocycles. The number of amides is 1. The second-order valence-corrected chi connectivity index (χ2v) is 6.72. The fraction of sp³-hybridized carbons (Fsp3) is 0.182. The maximum Gasteiger partial charge on any atom is 0.296 e. The number of aromatic nitrogens is 1. The number of hydrogen-bond donors (Lipinski definition) is 1. The van der Waals surface area contributed by atoms with Crippen LogP contribution in [0.2, 0.25) is 0 Å². The van der Waals surface area contributed by atoms with Crippen LogP contribution in [0.4, 0.5) is 14.6 Å². The number of nitrogens with zero attached hydrogens (tertiary/aromatic N) is 2. The summed E-state index contributed by atoms with van der Waals surface area (Å²) in [4.78, 5) is 22.8. The van der Waals surface area contributed by atoms with Crippen LogP contribution in [-0.4, -0.2) is 22.5 Å². The lowest BCUT2D eigenvalue weighted by atomic mass is 10.1. The third-order valence-electron chi connectivity index (χ3n) is 4.68. The van der Waals surface area contributed by atoms with Gasteiger partial charge in [-0.15, -0.1) is 0 Å². The van der Waals surface area contributed by atoms with Crippen LogP contribution in [0.3, 0.4) is 0 Å². The van der Waals surface area contributed by atoms with E-state index in [2.05, 4.69) is 10.3 Å². The first-order chi connectivity index (χ1) is 14.1. The average Bonchev–Trinajstić information content (AvgIpc) is 2.75. The van der Waals surface area contributed by atoms with E-state index in [-0.39, 0.29) is 12.5 Å². The molecule has 3 aromatic rings. The van der Waals surface area contributed by atoms with E-state index in [9.17, 15) is 13.6 Å². The van der Waals surface area contributed by atoms with Gasteiger partial charge in [-0.3, -0.25) is 9.63 Å². The van der Waals surface area contributed by atoms with Gasteiger partial charge in [0.15, 0.2) is 11.6 Å². The van der Waals surface area contributed by atoms with Gasteiger partial charge in [-0.2, -0.15) is 0 Å². The number of pyridine rings is 1. The lowest BCUT2D eigenvalue weighted by Crippen LogP contribution is -2.38. The highest BCUT2D eigenvalue weighted by molar-refractivity contribution is 5.94. The van der Waals surface area contributed by atoms with Crippen LogP contribution < -0.4 is 5.32 Å². The Bertz CT molecular complexity index is 1030. The molecule has 1 aromatic heterocycles. The van der Waals surface area contributed by atoms with Gasteiger partial charge in [0.25, 0.3) is 5.91 Å². The molecule has 0 unspecified atom stereocenters. The number of hydroxylamine groups is 2. The minimum Gasteiger partial charge on any atom is -0.366 e. The molecule has 5 nitrogen and oxygen atoms in total. The van der Waals surface area contributed by atoms with Gasteiger partial charge in [0, 0.05) is 6.54 Å². The predicted molar refractivity (Wildman–Crippen MR) is 104 cm³/mol. The Morgan fingerprint density at radius 1 is 1.00 bits per heavy atom. The summed E-state index contributed by atoms with van der Waals surface area (Å²) in [6.07, 6.45) is 0.645. The Morgan fingerprint density at radius 2 is 1.83 bits per heavy atom. The highest BCUT2D eigenvalue weighted by atomic mass is 19.2. The van der Waals surface area contributed by atoms with Gasteiger partial charge < -0.3 is 5.32 Å². The SMILES string of the molecule is O=C1c2nc(NCc3ccc(F)c(F)c3)ccc2CCN1OCc1ccccc1. The Labute approximate surface area is 166 Å². The van der Waals surface area contributed by atoms with E-state index in [1.54, 1.807) is 6.07 Å². The van der Waals surface area contributed by atoms with E-state index in [4.69, 9.17) is 4.84 Å². The molecular weight excluding hydrogens is 376 g/mol. The maximum absolute atomic E-state index is 13.3. The number of nitrogens with one attached hydrogen (secondary N) is 1. The molecule has 0 aliphatic carbocycles. The summed E-state index contributed by atoms with van der Waals surface area (Å²) < 4.78 is 26.4. The van der Waals surface area contributed by atoms with Gasteiger partial charge in [0.2, 0.25) is 0 Å². The first-order valence-electron chi connectivity index (χ1n) is 9.26. The van der Waals surface area contributed by atoms with Crippen LogP contribution in [0.15, 0.2) is 60.7 Å². The van der Waals surface area contributed by atoms with Gasteiger partial charge in [-0.1, -0.05) is 42.5 Å². The Morgan fingerprint density at radius 3 is 2.62 bits per heavy atom. The summed E-state index contributed by atoms with van der Waals surface area (Å²) in [5.41, 5.74) is 2.73. The van der Waals surface area contributed by atoms with Crippen molar-refractivity contribution in [2.24, 2.45) is 0 Å². The summed E-state index contributed by atoms with van der Waals surface area (Å²) in [6, 6.07) is 16.9. The topological polar surface area (TPSA) is 54.5 Å². The van der Waals surface area contributed by atoms with Crippen molar-refractivity contribution in [3.05, 3.63) is 94.7 Å². The van der Waals surface area contributed by atoms with Crippen LogP contribution in [0.5, 0.6) is 0 Å². The van der Waals surface area contributed by atoms with Gasteiger partial charge in [-0.25, -0.2) is 18.8 Å². The number of halogens is 2. The number of carbonyl (C=O) groups excluding carboxylic acids is 1. The fourth-order valence-corrected chi connectivity index (χ4v) is 3.11. The van der Waals surface area contributed by atoms with Gasteiger partial charge in [-0.05, 0) is 41.3 Å². The third kappa shape index (κ3) is 4.41. The van der Waals surface area contributed by atoms with Gasteiger partial charge in [0.1, 0.15) is 18.1 Å². The Hall–Kier alpha value is -3.32. The monoisotopic (exact) mass is 395 g/mol. The van der Waals surface area contributed by atoms with Crippen molar-refractivity contribution in [1.29, 1.82) is 0 Å². The molecule has 4 rings (SSSR count). The summed E-state index contributed by atoms with van der Waals surface area (Å²) in [6.45, 7) is 1.02. The number of rotatable bonds is 6. The quantitative estimate of drug-likeness (QED) is 0.683. The van der Waals surface area contributed by atoms with Crippen molar-refractivity contribution in [3.8, 4) is 0 Å². The highest BCUT2D eigenvalue weighted by Crippen LogP contribution is 2.21. The molecule has 0 saturated carbocycles. The zero-order valence-corrected chi connectivity index (χ0v) is 15.6. The Balaban J connectivity index is 1.42. The van der Waals surface area contributed by atoms with Crippen molar-refractivity contribution >= 4 is 11.7 Å². The van der Waals surface area contributed by atoms with E-state index in [1.165, 1.54) is 11.1 Å². The fourth-order valence-electron chi connectivity index (χ4n) is 3.11. The van der Waals surface area contributed by atoms with E-state index in [0.717, 1.165) is 23.3 Å². The summed E-state index contributed by atoms with van der Waals surface area (Å²) >= 11 is 0. The summed E-state index contributed by atoms with van der Waals surface area (Å²) in [5, 5.41) is 4.37. The first-order valence-corrected chi connectivity index (χ1v) is 9.26. The van der Waals surface area contributed by atoms with Crippen molar-refractivity contribution < 1.29 is 18.4 Å². The highest BCUT2D eigenvalue weighted by Gasteiger charge is 2.27. The van der Waals surface area contributed by atoms with Gasteiger partial charge in [0.05, 0.1) is 6.54 Å². The normalized spacial score (nSPS) is 13.3. The maximum atomic E-state index is 13.3. The second kappa shape index (κ2) is 8.36. The number of fused-ring (bicyclic) bond motifs is 1. The molecule has 0 saturated heterocycles. The third-order valence-corrected chi connectivity index (χ3v) is 4.68. The van der Waals surface area contributed by atoms with Gasteiger partial charge >= 0.3 is 0 Å². The number of anilines is 1. The Kier molecular flexibility index (Phi) is 5.48. The molecule has 0 fully saturated rings. The van der Waals surface area contributed by atoms with Crippen molar-refractivity contribution in [2.75, 3.05) is 11.9 Å². The molecule has 148 valence electrons. The van der Waals surface area contributed by atoms with E-state index >= 15 is 0 Å². The molecule has 1 aliphatic heterocycles. The molecule has 0 radical (unpaired) electrons. The minimum atomic E-state index is -0.899. The molecule has 7 heteroatoms. The number of benzene rings is 2. The first kappa shape index (κ1) is 19.0. The van der Waals surface area contributed by atoms with Crippen LogP contribution in [0.1, 0.15) is 27.2 Å². The molecule has 1 aliphatic rings. The largest absolute Gasteiger partial charge is 0.366 e. The zero-order valence-electron chi connectivity index (χ0n) is 15.6. The minimum absolute atomic E-state index is 0.255. The van der Waals surface area contributed by atoms with E-state index in [0.29, 0.717) is 36.6 Å². The molecular formula is C22H19F2N3O2. The number of carbonyl (C=O) groups is 1. The van der Waals surface area contributed by atoms with Crippen molar-refractivity contribution in [3.63, 3.8) is 0 Å². The molecule has 0 spiro atoms. The van der Waals surface area contributed by atoms with Crippen LogP contribution in [0.25, 0.3) is 0 Å². The molecule has 0 atom stereocenters. The van der Waals surface area contributed by atoms with Crippen molar-refractivity contribution in [1.82, 2.24) is 10.0 Å². The average molecular weight is 395 g/mol. The van der Waals surface area contributed by atoms with E-state index in [1.807, 2.05) is 36.4 Å². The molecule has 29 heavy (non-hydrogen) atoms. The van der Waals surface area contributed by atoms with Crippen LogP contribution in [-0.2, 0) is 24.4 Å². The molecule has 0 bridgehead atoms. The summed E-state index contributed by atoms with van der Waals surface area (Å²) in [5.74, 6) is -1.60. The lowest BCUT2D eigenvalue weighted by Gasteiger charge is -2.27. The van der Waals surface area contributed by atoms with Crippen LogP contribution in [0, 0.1) is 11.6 Å². The molecule has 2 heterocycles. The summed E-state index contributed by atoms with van der Waals surface area (Å²) in [7, 11) is 0. The lowest BCUT2D eigenvalue weighted by molar-refractivity contribution is -0.135. The van der Waals surface area contributed by atoms with Crippen molar-refractivity contribution in [2.45, 2.75) is 19.6 Å². The second-order valence-electron chi connectivity index (χ2n) is 6.72. The van der Waals surface area contributed by atoms with E-state index < -0.39 is 11.6 Å². The predicted octanol–water partition coefficient (Wildman–Crippen LogP) is 4.10. The molecule has 1 amide bonds. The number of hydrogen-bond acceptors (Lipinski definition) is 4. The smallest absolute Gasteiger partial charge is 0.296 e. The molecule has 1 N–H and O–H groups in total. The standard InChI is InChI=1S/C22H19F2N3O2/c23-18-8-6-16(12-19(18)24)13-25-20-9-7-17-10-11-27(22(28)21(17)26-20)29-14-15-4-2-1-3-5-15/h1-9,12H,10-11,13-14H2,(H,25,26).